The van der Waals surface area contributed by atoms with Gasteiger partial charge < -0.3 is 15.6 Å². The van der Waals surface area contributed by atoms with Crippen LogP contribution in [0.5, 0.6) is 0 Å². The van der Waals surface area contributed by atoms with Gasteiger partial charge in [0.25, 0.3) is 0 Å². The topological polar surface area (TPSA) is 72.5 Å². The van der Waals surface area contributed by atoms with E-state index in [9.17, 15) is 4.79 Å². The molecule has 3 N–H and O–H groups in total. The van der Waals surface area contributed by atoms with Gasteiger partial charge in [0.2, 0.25) is 0 Å². The number of benzene rings is 1. The first-order valence-electron chi connectivity index (χ1n) is 4.87. The molecule has 1 aliphatic heterocycles. The summed E-state index contributed by atoms with van der Waals surface area (Å²) in [5.41, 5.74) is 5.80. The molecule has 2 rings (SSSR count). The van der Waals surface area contributed by atoms with Crippen LogP contribution >= 0.6 is 0 Å². The third kappa shape index (κ3) is 3.99. The van der Waals surface area contributed by atoms with Crippen molar-refractivity contribution in [2.45, 2.75) is 12.8 Å². The Kier molecular flexibility index (Phi) is 4.63. The first kappa shape index (κ1) is 11.5. The number of hydrogen-bond donors (Lipinski definition) is 2. The quantitative estimate of drug-likeness (QED) is 0.691. The molecule has 0 aliphatic carbocycles. The van der Waals surface area contributed by atoms with Crippen LogP contribution in [0.3, 0.4) is 0 Å². The molecular formula is C11H15NO3. The number of carbonyl (C=O) groups is 1. The minimum absolute atomic E-state index is 0.155. The van der Waals surface area contributed by atoms with E-state index in [2.05, 4.69) is 0 Å². The molecule has 1 fully saturated rings. The molecule has 4 heteroatoms. The van der Waals surface area contributed by atoms with Crippen LogP contribution in [0.2, 0.25) is 0 Å². The maximum absolute atomic E-state index is 10.3. The molecule has 0 amide bonds. The minimum Gasteiger partial charge on any atom is -0.478 e. The molecule has 0 bridgehead atoms. The van der Waals surface area contributed by atoms with Crippen molar-refractivity contribution >= 4 is 11.7 Å². The lowest BCUT2D eigenvalue weighted by atomic mass is 10.2. The maximum atomic E-state index is 10.3. The van der Waals surface area contributed by atoms with E-state index in [0.717, 1.165) is 13.2 Å². The first-order chi connectivity index (χ1) is 7.22. The third-order valence-corrected chi connectivity index (χ3v) is 2.02. The minimum atomic E-state index is -0.988. The number of nitrogen functional groups attached to an aromatic ring is 1. The van der Waals surface area contributed by atoms with Gasteiger partial charge in [-0.15, -0.1) is 0 Å². The van der Waals surface area contributed by atoms with Gasteiger partial charge in [-0.05, 0) is 25.0 Å². The SMILES string of the molecule is C1CCOC1.Nc1ccccc1C(=O)O. The fraction of sp³-hybridized carbons (Fsp3) is 0.364. The van der Waals surface area contributed by atoms with E-state index < -0.39 is 5.97 Å². The van der Waals surface area contributed by atoms with Crippen LogP contribution < -0.4 is 5.73 Å². The molecule has 0 saturated carbocycles. The van der Waals surface area contributed by atoms with E-state index >= 15 is 0 Å². The number of carboxylic acids is 1. The summed E-state index contributed by atoms with van der Waals surface area (Å²) >= 11 is 0. The second kappa shape index (κ2) is 6.03. The second-order valence-corrected chi connectivity index (χ2v) is 3.21. The zero-order chi connectivity index (χ0) is 11.1. The summed E-state index contributed by atoms with van der Waals surface area (Å²) in [7, 11) is 0. The summed E-state index contributed by atoms with van der Waals surface area (Å²) in [6, 6.07) is 6.36. The van der Waals surface area contributed by atoms with Crippen LogP contribution in [-0.4, -0.2) is 24.3 Å². The fourth-order valence-corrected chi connectivity index (χ4v) is 1.20. The van der Waals surface area contributed by atoms with Gasteiger partial charge in [0.1, 0.15) is 0 Å². The molecule has 0 spiro atoms. The van der Waals surface area contributed by atoms with E-state index in [-0.39, 0.29) is 5.56 Å². The highest BCUT2D eigenvalue weighted by Gasteiger charge is 2.03. The predicted molar refractivity (Wildman–Crippen MR) is 57.9 cm³/mol. The van der Waals surface area contributed by atoms with Gasteiger partial charge in [-0.25, -0.2) is 4.79 Å². The summed E-state index contributed by atoms with van der Waals surface area (Å²) < 4.78 is 4.94. The van der Waals surface area contributed by atoms with Crippen LogP contribution in [0.1, 0.15) is 23.2 Å². The Morgan fingerprint density at radius 1 is 1.27 bits per heavy atom. The molecular weight excluding hydrogens is 194 g/mol. The number of anilines is 1. The Balaban J connectivity index is 0.000000187. The standard InChI is InChI=1S/C7H7NO2.C4H8O/c8-6-4-2-1-3-5(6)7(9)10;1-2-4-5-3-1/h1-4H,8H2,(H,9,10);1-4H2. The van der Waals surface area contributed by atoms with Crippen LogP contribution in [0.15, 0.2) is 24.3 Å². The number of nitrogens with two attached hydrogens (primary N) is 1. The number of rotatable bonds is 1. The van der Waals surface area contributed by atoms with Crippen LogP contribution in [0.25, 0.3) is 0 Å². The van der Waals surface area contributed by atoms with Crippen molar-refractivity contribution in [3.8, 4) is 0 Å². The number of carboxylic acid groups (broad SMARTS) is 1. The Morgan fingerprint density at radius 2 is 1.87 bits per heavy atom. The Labute approximate surface area is 88.7 Å². The summed E-state index contributed by atoms with van der Waals surface area (Å²) in [4.78, 5) is 10.3. The zero-order valence-electron chi connectivity index (χ0n) is 8.48. The van der Waals surface area contributed by atoms with Gasteiger partial charge in [-0.3, -0.25) is 0 Å². The molecule has 1 aromatic carbocycles. The second-order valence-electron chi connectivity index (χ2n) is 3.21. The third-order valence-electron chi connectivity index (χ3n) is 2.02. The molecule has 82 valence electrons. The summed E-state index contributed by atoms with van der Waals surface area (Å²) in [5, 5.41) is 8.49. The van der Waals surface area contributed by atoms with Gasteiger partial charge in [0.05, 0.1) is 5.56 Å². The number of hydrogen-bond acceptors (Lipinski definition) is 3. The van der Waals surface area contributed by atoms with Crippen molar-refractivity contribution in [1.82, 2.24) is 0 Å². The summed E-state index contributed by atoms with van der Waals surface area (Å²) in [6.45, 7) is 2.00. The van der Waals surface area contributed by atoms with Crippen molar-refractivity contribution in [3.05, 3.63) is 29.8 Å². The molecule has 1 aliphatic rings. The van der Waals surface area contributed by atoms with Gasteiger partial charge in [-0.2, -0.15) is 0 Å². The van der Waals surface area contributed by atoms with E-state index in [0.29, 0.717) is 5.69 Å². The summed E-state index contributed by atoms with van der Waals surface area (Å²) in [6.07, 6.45) is 2.56. The monoisotopic (exact) mass is 209 g/mol. The zero-order valence-corrected chi connectivity index (χ0v) is 8.48. The van der Waals surface area contributed by atoms with Crippen molar-refractivity contribution < 1.29 is 14.6 Å². The van der Waals surface area contributed by atoms with E-state index in [1.165, 1.54) is 18.9 Å². The van der Waals surface area contributed by atoms with Crippen LogP contribution in [0.4, 0.5) is 5.69 Å². The maximum Gasteiger partial charge on any atom is 0.337 e. The van der Waals surface area contributed by atoms with Gasteiger partial charge in [0, 0.05) is 18.9 Å². The molecule has 15 heavy (non-hydrogen) atoms. The lowest BCUT2D eigenvalue weighted by molar-refractivity contribution is 0.0698. The Morgan fingerprint density at radius 3 is 2.20 bits per heavy atom. The lowest BCUT2D eigenvalue weighted by Crippen LogP contribution is -2.00. The number of aromatic carboxylic acids is 1. The molecule has 0 aromatic heterocycles. The molecule has 1 saturated heterocycles. The van der Waals surface area contributed by atoms with E-state index in [1.807, 2.05) is 0 Å². The van der Waals surface area contributed by atoms with Crippen molar-refractivity contribution in [3.63, 3.8) is 0 Å². The molecule has 4 nitrogen and oxygen atoms in total. The van der Waals surface area contributed by atoms with Crippen molar-refractivity contribution in [2.75, 3.05) is 18.9 Å². The van der Waals surface area contributed by atoms with Crippen LogP contribution in [0, 0.1) is 0 Å². The number of ether oxygens (including phenoxy) is 1. The largest absolute Gasteiger partial charge is 0.478 e. The van der Waals surface area contributed by atoms with Gasteiger partial charge in [-0.1, -0.05) is 12.1 Å². The smallest absolute Gasteiger partial charge is 0.337 e. The number of para-hydroxylation sites is 1. The average Bonchev–Trinajstić information content (AvgIpc) is 2.75. The average molecular weight is 209 g/mol. The first-order valence-corrected chi connectivity index (χ1v) is 4.87. The molecule has 0 atom stereocenters. The van der Waals surface area contributed by atoms with E-state index in [1.54, 1.807) is 18.2 Å². The van der Waals surface area contributed by atoms with Gasteiger partial charge in [0.15, 0.2) is 0 Å². The molecule has 1 heterocycles. The highest BCUT2D eigenvalue weighted by molar-refractivity contribution is 5.93. The van der Waals surface area contributed by atoms with Crippen molar-refractivity contribution in [2.24, 2.45) is 0 Å². The fourth-order valence-electron chi connectivity index (χ4n) is 1.20. The molecule has 1 aromatic rings. The summed E-state index contributed by atoms with van der Waals surface area (Å²) in [5.74, 6) is -0.988. The highest BCUT2D eigenvalue weighted by atomic mass is 16.5. The van der Waals surface area contributed by atoms with Crippen LogP contribution in [-0.2, 0) is 4.74 Å². The molecule has 0 radical (unpaired) electrons. The van der Waals surface area contributed by atoms with Crippen molar-refractivity contribution in [1.29, 1.82) is 0 Å². The normalized spacial score (nSPS) is 14.1. The Bertz CT molecular complexity index is 314. The predicted octanol–water partition coefficient (Wildman–Crippen LogP) is 1.76. The molecule has 0 unspecified atom stereocenters. The van der Waals surface area contributed by atoms with E-state index in [4.69, 9.17) is 15.6 Å². The highest BCUT2D eigenvalue weighted by Crippen LogP contribution is 2.09. The lowest BCUT2D eigenvalue weighted by Gasteiger charge is -1.96. The Hall–Kier alpha value is -1.55. The van der Waals surface area contributed by atoms with Gasteiger partial charge >= 0.3 is 5.97 Å².